The molecule has 1 aliphatic heterocycles. The second kappa shape index (κ2) is 4.78. The van der Waals surface area contributed by atoms with Crippen LogP contribution < -0.4 is 0 Å². The predicted molar refractivity (Wildman–Crippen MR) is 78.7 cm³/mol. The third kappa shape index (κ3) is 1.97. The zero-order valence-corrected chi connectivity index (χ0v) is 11.5. The number of allylic oxidation sites excluding steroid dienone is 4. The molecule has 1 aliphatic carbocycles. The normalized spacial score (nSPS) is 16.6. The summed E-state index contributed by atoms with van der Waals surface area (Å²) in [5, 5.41) is 10.00. The third-order valence-electron chi connectivity index (χ3n) is 3.75. The largest absolute Gasteiger partial charge is 0.461 e. The number of rotatable bonds is 1. The summed E-state index contributed by atoms with van der Waals surface area (Å²) in [4.78, 5) is 0. The fourth-order valence-electron chi connectivity index (χ4n) is 2.70. The molecule has 0 spiro atoms. The van der Waals surface area contributed by atoms with Gasteiger partial charge in [-0.1, -0.05) is 0 Å². The van der Waals surface area contributed by atoms with E-state index in [-0.39, 0.29) is 12.6 Å². The summed E-state index contributed by atoms with van der Waals surface area (Å²) in [5.74, 6) is 1.28. The molecule has 0 saturated carbocycles. The molecular formula is C17H11FN2O2. The quantitative estimate of drug-likeness (QED) is 0.806. The Balaban J connectivity index is 1.95. The Morgan fingerprint density at radius 1 is 1.18 bits per heavy atom. The van der Waals surface area contributed by atoms with Crippen molar-refractivity contribution in [1.29, 1.82) is 5.26 Å². The SMILES string of the molecule is N#Cc1cn(C2=CC=C3CC(=C2)OCO3)c2cc(F)ccc12. The molecule has 1 fully saturated rings. The maximum Gasteiger partial charge on any atom is 0.229 e. The number of fused-ring (bicyclic) bond motifs is 3. The summed E-state index contributed by atoms with van der Waals surface area (Å²) in [6.07, 6.45) is 7.94. The van der Waals surface area contributed by atoms with Crippen molar-refractivity contribution in [2.45, 2.75) is 6.42 Å². The van der Waals surface area contributed by atoms with Gasteiger partial charge in [0.25, 0.3) is 0 Å². The van der Waals surface area contributed by atoms with E-state index in [2.05, 4.69) is 6.07 Å². The standard InChI is InChI=1S/C17H11FN2O2/c18-12-1-4-16-11(8-19)9-20(17(16)5-12)13-2-3-14-7-15(6-13)22-10-21-14/h1-6,9H,7,10H2. The summed E-state index contributed by atoms with van der Waals surface area (Å²) >= 11 is 0. The molecule has 2 bridgehead atoms. The van der Waals surface area contributed by atoms with Crippen LogP contribution in [0.1, 0.15) is 12.0 Å². The van der Waals surface area contributed by atoms with Gasteiger partial charge < -0.3 is 14.0 Å². The lowest BCUT2D eigenvalue weighted by atomic mass is 10.2. The second-order valence-electron chi connectivity index (χ2n) is 5.10. The average molecular weight is 294 g/mol. The highest BCUT2D eigenvalue weighted by molar-refractivity contribution is 5.90. The van der Waals surface area contributed by atoms with Gasteiger partial charge in [0.1, 0.15) is 23.4 Å². The van der Waals surface area contributed by atoms with E-state index in [0.29, 0.717) is 17.5 Å². The van der Waals surface area contributed by atoms with Gasteiger partial charge in [0.15, 0.2) is 0 Å². The Labute approximate surface area is 126 Å². The topological polar surface area (TPSA) is 47.2 Å². The number of hydrogen-bond donors (Lipinski definition) is 0. The molecule has 0 N–H and O–H groups in total. The number of ether oxygens (including phenoxy) is 2. The summed E-state index contributed by atoms with van der Waals surface area (Å²) in [6.45, 7) is 0.198. The number of hydrogen-bond acceptors (Lipinski definition) is 3. The molecule has 22 heavy (non-hydrogen) atoms. The molecule has 2 aliphatic rings. The van der Waals surface area contributed by atoms with Gasteiger partial charge in [-0.2, -0.15) is 5.26 Å². The lowest BCUT2D eigenvalue weighted by molar-refractivity contribution is -0.0207. The minimum atomic E-state index is -0.338. The minimum Gasteiger partial charge on any atom is -0.461 e. The van der Waals surface area contributed by atoms with E-state index in [0.717, 1.165) is 22.6 Å². The lowest BCUT2D eigenvalue weighted by Crippen LogP contribution is -2.08. The molecule has 2 heterocycles. The molecule has 0 radical (unpaired) electrons. The van der Waals surface area contributed by atoms with Crippen LogP contribution in [0, 0.1) is 17.1 Å². The first-order valence-electron chi connectivity index (χ1n) is 6.83. The highest BCUT2D eigenvalue weighted by Crippen LogP contribution is 2.30. The smallest absolute Gasteiger partial charge is 0.229 e. The van der Waals surface area contributed by atoms with Crippen LogP contribution in [-0.2, 0) is 9.47 Å². The Bertz CT molecular complexity index is 913. The van der Waals surface area contributed by atoms with Gasteiger partial charge >= 0.3 is 0 Å². The van der Waals surface area contributed by atoms with Crippen LogP contribution in [-0.4, -0.2) is 11.4 Å². The van der Waals surface area contributed by atoms with Crippen LogP contribution in [0.25, 0.3) is 16.6 Å². The molecule has 2 aromatic rings. The number of nitrogens with zero attached hydrogens (tertiary/aromatic N) is 2. The lowest BCUT2D eigenvalue weighted by Gasteiger charge is -2.19. The molecule has 0 amide bonds. The molecular weight excluding hydrogens is 283 g/mol. The van der Waals surface area contributed by atoms with Gasteiger partial charge in [0.2, 0.25) is 6.79 Å². The minimum absolute atomic E-state index is 0.198. The van der Waals surface area contributed by atoms with Gasteiger partial charge in [0.05, 0.1) is 17.5 Å². The van der Waals surface area contributed by atoms with Crippen molar-refractivity contribution in [3.63, 3.8) is 0 Å². The third-order valence-corrected chi connectivity index (χ3v) is 3.75. The van der Waals surface area contributed by atoms with Gasteiger partial charge in [-0.05, 0) is 30.4 Å². The second-order valence-corrected chi connectivity index (χ2v) is 5.10. The molecule has 1 aromatic carbocycles. The van der Waals surface area contributed by atoms with E-state index < -0.39 is 0 Å². The van der Waals surface area contributed by atoms with Crippen molar-refractivity contribution in [3.8, 4) is 6.07 Å². The highest BCUT2D eigenvalue weighted by atomic mass is 19.1. The molecule has 5 heteroatoms. The number of aromatic nitrogens is 1. The molecule has 1 aromatic heterocycles. The zero-order valence-electron chi connectivity index (χ0n) is 11.5. The molecule has 4 rings (SSSR count). The molecule has 108 valence electrons. The monoisotopic (exact) mass is 294 g/mol. The first-order valence-corrected chi connectivity index (χ1v) is 6.83. The van der Waals surface area contributed by atoms with Gasteiger partial charge in [-0.25, -0.2) is 4.39 Å². The van der Waals surface area contributed by atoms with Crippen molar-refractivity contribution in [2.75, 3.05) is 6.79 Å². The Morgan fingerprint density at radius 2 is 2.05 bits per heavy atom. The molecule has 0 atom stereocenters. The van der Waals surface area contributed by atoms with Gasteiger partial charge in [-0.3, -0.25) is 0 Å². The van der Waals surface area contributed by atoms with Crippen molar-refractivity contribution < 1.29 is 13.9 Å². The van der Waals surface area contributed by atoms with Crippen LogP contribution in [0.3, 0.4) is 0 Å². The van der Waals surface area contributed by atoms with Crippen molar-refractivity contribution in [2.24, 2.45) is 0 Å². The summed E-state index contributed by atoms with van der Waals surface area (Å²) in [5.41, 5.74) is 1.95. The fourth-order valence-corrected chi connectivity index (χ4v) is 2.70. The van der Waals surface area contributed by atoms with Crippen LogP contribution in [0.15, 0.2) is 54.1 Å². The summed E-state index contributed by atoms with van der Waals surface area (Å²) < 4.78 is 26.2. The van der Waals surface area contributed by atoms with Gasteiger partial charge in [-0.15, -0.1) is 0 Å². The maximum absolute atomic E-state index is 13.6. The van der Waals surface area contributed by atoms with E-state index in [1.165, 1.54) is 12.1 Å². The van der Waals surface area contributed by atoms with E-state index in [4.69, 9.17) is 9.47 Å². The number of nitriles is 1. The van der Waals surface area contributed by atoms with Crippen molar-refractivity contribution >= 4 is 16.6 Å². The number of benzene rings is 1. The fraction of sp³-hybridized carbons (Fsp3) is 0.118. The van der Waals surface area contributed by atoms with E-state index in [1.54, 1.807) is 16.8 Å². The Hall–Kier alpha value is -3.00. The summed E-state index contributed by atoms with van der Waals surface area (Å²) in [6, 6.07) is 6.56. The van der Waals surface area contributed by atoms with Crippen LogP contribution in [0.4, 0.5) is 4.39 Å². The van der Waals surface area contributed by atoms with Crippen molar-refractivity contribution in [3.05, 3.63) is 65.5 Å². The molecule has 1 saturated heterocycles. The van der Waals surface area contributed by atoms with Crippen LogP contribution in [0.5, 0.6) is 0 Å². The average Bonchev–Trinajstić information content (AvgIpc) is 2.82. The van der Waals surface area contributed by atoms with Crippen LogP contribution in [0.2, 0.25) is 0 Å². The van der Waals surface area contributed by atoms with E-state index in [1.807, 2.05) is 18.2 Å². The molecule has 0 unspecified atom stereocenters. The first-order chi connectivity index (χ1) is 10.7. The predicted octanol–water partition coefficient (Wildman–Crippen LogP) is 3.67. The first kappa shape index (κ1) is 12.7. The summed E-state index contributed by atoms with van der Waals surface area (Å²) in [7, 11) is 0. The van der Waals surface area contributed by atoms with E-state index >= 15 is 0 Å². The van der Waals surface area contributed by atoms with Crippen LogP contribution >= 0.6 is 0 Å². The Morgan fingerprint density at radius 3 is 2.91 bits per heavy atom. The highest BCUT2D eigenvalue weighted by Gasteiger charge is 2.17. The zero-order chi connectivity index (χ0) is 15.1. The Kier molecular flexibility index (Phi) is 2.76. The van der Waals surface area contributed by atoms with E-state index in [9.17, 15) is 9.65 Å². The van der Waals surface area contributed by atoms with Crippen molar-refractivity contribution in [1.82, 2.24) is 4.57 Å². The van der Waals surface area contributed by atoms with Gasteiger partial charge in [0, 0.05) is 23.4 Å². The number of halogens is 1. The maximum atomic E-state index is 13.6. The molecule has 4 nitrogen and oxygen atoms in total.